The van der Waals surface area contributed by atoms with Gasteiger partial charge in [-0.15, -0.1) is 0 Å². The molecular formula is C22H28FN3O3S. The fraction of sp³-hybridized carbons (Fsp3) is 0.409. The molecule has 0 spiro atoms. The molecule has 1 fully saturated rings. The first kappa shape index (κ1) is 22.4. The quantitative estimate of drug-likeness (QED) is 0.670. The van der Waals surface area contributed by atoms with E-state index in [1.807, 2.05) is 6.92 Å². The van der Waals surface area contributed by atoms with Gasteiger partial charge in [-0.1, -0.05) is 17.7 Å². The number of carbonyl (C=O) groups excluding carboxylic acids is 1. The van der Waals surface area contributed by atoms with Gasteiger partial charge in [-0.25, -0.2) is 17.5 Å². The van der Waals surface area contributed by atoms with Gasteiger partial charge in [-0.05, 0) is 68.6 Å². The molecule has 0 bridgehead atoms. The Labute approximate surface area is 177 Å². The normalized spacial score (nSPS) is 17.6. The molecule has 1 unspecified atom stereocenters. The summed E-state index contributed by atoms with van der Waals surface area (Å²) in [7, 11) is -3.52. The smallest absolute Gasteiger partial charge is 0.240 e. The summed E-state index contributed by atoms with van der Waals surface area (Å²) in [6.45, 7) is 4.55. The van der Waals surface area contributed by atoms with Crippen molar-refractivity contribution in [2.24, 2.45) is 5.92 Å². The lowest BCUT2D eigenvalue weighted by Gasteiger charge is -2.32. The third kappa shape index (κ3) is 6.62. The first-order valence-electron chi connectivity index (χ1n) is 10.2. The molecule has 30 heavy (non-hydrogen) atoms. The molecule has 1 atom stereocenters. The van der Waals surface area contributed by atoms with Crippen LogP contribution in [0.1, 0.15) is 24.8 Å². The molecule has 1 amide bonds. The largest absolute Gasteiger partial charge is 0.326 e. The molecule has 0 saturated carbocycles. The molecule has 1 saturated heterocycles. The number of carbonyl (C=O) groups is 1. The van der Waals surface area contributed by atoms with Crippen molar-refractivity contribution < 1.29 is 17.6 Å². The molecule has 2 N–H and O–H groups in total. The second kappa shape index (κ2) is 10.1. The molecule has 1 aliphatic rings. The number of nitrogens with zero attached hydrogens (tertiary/aromatic N) is 1. The van der Waals surface area contributed by atoms with Gasteiger partial charge < -0.3 is 10.2 Å². The third-order valence-electron chi connectivity index (χ3n) is 5.28. The molecular weight excluding hydrogens is 405 g/mol. The topological polar surface area (TPSA) is 78.5 Å². The zero-order valence-corrected chi connectivity index (χ0v) is 17.9. The van der Waals surface area contributed by atoms with Crippen molar-refractivity contribution in [3.63, 3.8) is 0 Å². The minimum absolute atomic E-state index is 0.121. The number of rotatable bonds is 8. The Bertz CT molecular complexity index is 947. The van der Waals surface area contributed by atoms with Crippen LogP contribution in [0.15, 0.2) is 53.4 Å². The number of likely N-dealkylation sites (tertiary alicyclic amines) is 1. The molecule has 2 aromatic rings. The highest BCUT2D eigenvalue weighted by atomic mass is 32.2. The summed E-state index contributed by atoms with van der Waals surface area (Å²) in [5.41, 5.74) is 1.59. The van der Waals surface area contributed by atoms with Crippen molar-refractivity contribution in [1.29, 1.82) is 0 Å². The average molecular weight is 434 g/mol. The maximum atomic E-state index is 12.9. The second-order valence-electron chi connectivity index (χ2n) is 7.78. The lowest BCUT2D eigenvalue weighted by molar-refractivity contribution is -0.116. The number of piperidine rings is 1. The van der Waals surface area contributed by atoms with Gasteiger partial charge in [-0.3, -0.25) is 4.79 Å². The molecule has 1 aliphatic heterocycles. The van der Waals surface area contributed by atoms with Crippen molar-refractivity contribution in [2.45, 2.75) is 31.1 Å². The predicted octanol–water partition coefficient (Wildman–Crippen LogP) is 3.15. The number of anilines is 1. The van der Waals surface area contributed by atoms with Crippen molar-refractivity contribution >= 4 is 21.6 Å². The summed E-state index contributed by atoms with van der Waals surface area (Å²) in [5.74, 6) is -0.256. The number of benzene rings is 2. The van der Waals surface area contributed by atoms with Crippen LogP contribution < -0.4 is 10.0 Å². The van der Waals surface area contributed by atoms with Crippen LogP contribution in [0.2, 0.25) is 0 Å². The van der Waals surface area contributed by atoms with Gasteiger partial charge in [0.25, 0.3) is 0 Å². The minimum Gasteiger partial charge on any atom is -0.326 e. The summed E-state index contributed by atoms with van der Waals surface area (Å²) in [5, 5.41) is 2.76. The fourth-order valence-corrected chi connectivity index (χ4v) is 4.68. The van der Waals surface area contributed by atoms with Crippen LogP contribution in [0.5, 0.6) is 0 Å². The zero-order valence-electron chi connectivity index (χ0n) is 17.1. The average Bonchev–Trinajstić information content (AvgIpc) is 2.73. The number of hydrogen-bond donors (Lipinski definition) is 2. The zero-order chi connectivity index (χ0) is 21.6. The summed E-state index contributed by atoms with van der Waals surface area (Å²) in [6, 6.07) is 12.5. The number of aryl methyl sites for hydroxylation is 1. The summed E-state index contributed by atoms with van der Waals surface area (Å²) in [4.78, 5) is 14.6. The number of nitrogens with one attached hydrogen (secondary N) is 2. The standard InChI is InChI=1S/C22H28FN3O3S/c1-17-4-10-21(11-5-17)30(28,29)24-15-18-3-2-13-26(16-18)14-12-22(27)25-20-8-6-19(23)7-9-20/h4-11,18,24H,2-3,12-16H2,1H3,(H,25,27). The Kier molecular flexibility index (Phi) is 7.58. The van der Waals surface area contributed by atoms with E-state index in [9.17, 15) is 17.6 Å². The van der Waals surface area contributed by atoms with E-state index in [0.29, 0.717) is 25.2 Å². The van der Waals surface area contributed by atoms with Crippen LogP contribution in [0.3, 0.4) is 0 Å². The van der Waals surface area contributed by atoms with E-state index in [1.165, 1.54) is 24.3 Å². The molecule has 2 aromatic carbocycles. The lowest BCUT2D eigenvalue weighted by Crippen LogP contribution is -2.41. The molecule has 1 heterocycles. The Hall–Kier alpha value is -2.29. The molecule has 3 rings (SSSR count). The van der Waals surface area contributed by atoms with Crippen LogP contribution in [-0.4, -0.2) is 45.4 Å². The van der Waals surface area contributed by atoms with Crippen LogP contribution in [0.4, 0.5) is 10.1 Å². The highest BCUT2D eigenvalue weighted by Gasteiger charge is 2.23. The van der Waals surface area contributed by atoms with Crippen LogP contribution in [-0.2, 0) is 14.8 Å². The van der Waals surface area contributed by atoms with Gasteiger partial charge in [0.2, 0.25) is 15.9 Å². The van der Waals surface area contributed by atoms with Gasteiger partial charge in [0.1, 0.15) is 5.82 Å². The van der Waals surface area contributed by atoms with E-state index < -0.39 is 10.0 Å². The summed E-state index contributed by atoms with van der Waals surface area (Å²) < 4.78 is 40.6. The molecule has 0 aliphatic carbocycles. The predicted molar refractivity (Wildman–Crippen MR) is 115 cm³/mol. The first-order chi connectivity index (χ1) is 14.3. The number of sulfonamides is 1. The van der Waals surface area contributed by atoms with E-state index in [4.69, 9.17) is 0 Å². The molecule has 8 heteroatoms. The second-order valence-corrected chi connectivity index (χ2v) is 9.55. The van der Waals surface area contributed by atoms with Gasteiger partial charge in [0.05, 0.1) is 4.90 Å². The maximum Gasteiger partial charge on any atom is 0.240 e. The lowest BCUT2D eigenvalue weighted by atomic mass is 9.98. The van der Waals surface area contributed by atoms with Gasteiger partial charge in [0, 0.05) is 31.7 Å². The van der Waals surface area contributed by atoms with Crippen molar-refractivity contribution in [3.05, 3.63) is 59.9 Å². The molecule has 0 radical (unpaired) electrons. The van der Waals surface area contributed by atoms with Crippen molar-refractivity contribution in [2.75, 3.05) is 31.5 Å². The fourth-order valence-electron chi connectivity index (χ4n) is 3.57. The van der Waals surface area contributed by atoms with Crippen LogP contribution in [0.25, 0.3) is 0 Å². The SMILES string of the molecule is Cc1ccc(S(=O)(=O)NCC2CCCN(CCC(=O)Nc3ccc(F)cc3)C2)cc1. The van der Waals surface area contributed by atoms with E-state index in [1.54, 1.807) is 24.3 Å². The first-order valence-corrected chi connectivity index (χ1v) is 11.6. The number of amides is 1. The van der Waals surface area contributed by atoms with Crippen LogP contribution >= 0.6 is 0 Å². The maximum absolute atomic E-state index is 12.9. The van der Waals surface area contributed by atoms with Gasteiger partial charge in [0.15, 0.2) is 0 Å². The van der Waals surface area contributed by atoms with E-state index >= 15 is 0 Å². The highest BCUT2D eigenvalue weighted by molar-refractivity contribution is 7.89. The van der Waals surface area contributed by atoms with E-state index in [2.05, 4.69) is 14.9 Å². The minimum atomic E-state index is -3.52. The molecule has 0 aromatic heterocycles. The van der Waals surface area contributed by atoms with E-state index in [-0.39, 0.29) is 22.5 Å². The van der Waals surface area contributed by atoms with Crippen LogP contribution in [0, 0.1) is 18.7 Å². The van der Waals surface area contributed by atoms with Crippen molar-refractivity contribution in [1.82, 2.24) is 9.62 Å². The highest BCUT2D eigenvalue weighted by Crippen LogP contribution is 2.18. The Balaban J connectivity index is 1.44. The third-order valence-corrected chi connectivity index (χ3v) is 6.72. The molecule has 6 nitrogen and oxygen atoms in total. The van der Waals surface area contributed by atoms with E-state index in [0.717, 1.165) is 31.5 Å². The van der Waals surface area contributed by atoms with Gasteiger partial charge in [-0.2, -0.15) is 0 Å². The Morgan fingerprint density at radius 1 is 1.13 bits per heavy atom. The van der Waals surface area contributed by atoms with Crippen molar-refractivity contribution in [3.8, 4) is 0 Å². The molecule has 162 valence electrons. The Morgan fingerprint density at radius 2 is 1.83 bits per heavy atom. The number of halogens is 1. The number of hydrogen-bond acceptors (Lipinski definition) is 4. The Morgan fingerprint density at radius 3 is 2.53 bits per heavy atom. The van der Waals surface area contributed by atoms with Gasteiger partial charge >= 0.3 is 0 Å². The summed E-state index contributed by atoms with van der Waals surface area (Å²) >= 11 is 0. The summed E-state index contributed by atoms with van der Waals surface area (Å²) in [6.07, 6.45) is 2.25. The monoisotopic (exact) mass is 433 g/mol.